The van der Waals surface area contributed by atoms with Crippen molar-refractivity contribution in [2.45, 2.75) is 25.4 Å². The summed E-state index contributed by atoms with van der Waals surface area (Å²) in [6, 6.07) is 1.71. The number of esters is 1. The largest absolute Gasteiger partial charge is 0.468 e. The molecule has 1 fully saturated rings. The van der Waals surface area contributed by atoms with Gasteiger partial charge in [-0.1, -0.05) is 0 Å². The Kier molecular flexibility index (Phi) is 4.84. The topological polar surface area (TPSA) is 60.2 Å². The van der Waals surface area contributed by atoms with Gasteiger partial charge in [-0.2, -0.15) is 16.4 Å². The molecule has 1 aliphatic rings. The predicted octanol–water partition coefficient (Wildman–Crippen LogP) is 1.97. The Morgan fingerprint density at radius 2 is 2.50 bits per heavy atom. The first kappa shape index (κ1) is 15.2. The monoisotopic (exact) mass is 320 g/mol. The van der Waals surface area contributed by atoms with Crippen LogP contribution in [0.4, 0.5) is 0 Å². The lowest BCUT2D eigenvalue weighted by atomic mass is 9.95. The smallest absolute Gasteiger partial charge is 0.327 e. The Bertz CT molecular complexity index is 585. The van der Waals surface area contributed by atoms with Gasteiger partial charge in [-0.05, 0) is 47.7 Å². The fraction of sp³-hybridized carbons (Fsp3) is 0.533. The average molecular weight is 320 g/mol. The second-order valence-electron chi connectivity index (χ2n) is 5.60. The number of likely N-dealkylation sites (tertiary alicyclic amines) is 1. The molecule has 0 bridgehead atoms. The SMILES string of the molecule is COC(=O)C(c1ccsc1)N1CCCC(Cn2cncn2)C1. The van der Waals surface area contributed by atoms with E-state index in [-0.39, 0.29) is 12.0 Å². The van der Waals surface area contributed by atoms with Gasteiger partial charge in [0.1, 0.15) is 18.7 Å². The predicted molar refractivity (Wildman–Crippen MR) is 83.4 cm³/mol. The minimum atomic E-state index is -0.296. The van der Waals surface area contributed by atoms with E-state index >= 15 is 0 Å². The summed E-state index contributed by atoms with van der Waals surface area (Å²) in [5.74, 6) is 0.293. The molecule has 2 atom stereocenters. The van der Waals surface area contributed by atoms with Crippen LogP contribution in [0, 0.1) is 5.92 Å². The van der Waals surface area contributed by atoms with E-state index in [2.05, 4.69) is 15.0 Å². The minimum absolute atomic E-state index is 0.181. The number of methoxy groups -OCH3 is 1. The molecule has 0 aliphatic carbocycles. The van der Waals surface area contributed by atoms with Crippen LogP contribution in [0.15, 0.2) is 29.5 Å². The van der Waals surface area contributed by atoms with Gasteiger partial charge in [0, 0.05) is 13.1 Å². The Balaban J connectivity index is 1.72. The second kappa shape index (κ2) is 7.02. The quantitative estimate of drug-likeness (QED) is 0.788. The van der Waals surface area contributed by atoms with E-state index in [1.807, 2.05) is 21.5 Å². The molecule has 2 aromatic rings. The molecule has 1 aliphatic heterocycles. The molecule has 3 rings (SSSR count). The molecule has 0 N–H and O–H groups in total. The van der Waals surface area contributed by atoms with Crippen molar-refractivity contribution in [3.05, 3.63) is 35.0 Å². The molecule has 0 amide bonds. The highest BCUT2D eigenvalue weighted by Crippen LogP contribution is 2.29. The molecule has 6 nitrogen and oxygen atoms in total. The van der Waals surface area contributed by atoms with Crippen LogP contribution < -0.4 is 0 Å². The molecule has 0 spiro atoms. The van der Waals surface area contributed by atoms with Gasteiger partial charge >= 0.3 is 5.97 Å². The molecule has 0 radical (unpaired) electrons. The van der Waals surface area contributed by atoms with Crippen molar-refractivity contribution >= 4 is 17.3 Å². The standard InChI is InChI=1S/C15H20N4O2S/c1-21-15(20)14(13-4-6-22-9-13)18-5-2-3-12(7-18)8-19-11-16-10-17-19/h4,6,9-12,14H,2-3,5,7-8H2,1H3. The Labute approximate surface area is 133 Å². The van der Waals surface area contributed by atoms with Gasteiger partial charge in [-0.15, -0.1) is 0 Å². The molecule has 0 saturated carbocycles. The van der Waals surface area contributed by atoms with E-state index in [0.717, 1.165) is 38.0 Å². The van der Waals surface area contributed by atoms with Gasteiger partial charge < -0.3 is 4.74 Å². The summed E-state index contributed by atoms with van der Waals surface area (Å²) in [6.07, 6.45) is 5.53. The van der Waals surface area contributed by atoms with Gasteiger partial charge in [-0.3, -0.25) is 9.58 Å². The molecular formula is C15H20N4O2S. The van der Waals surface area contributed by atoms with E-state index in [1.165, 1.54) is 7.11 Å². The number of thiophene rings is 1. The van der Waals surface area contributed by atoms with Crippen LogP contribution in [0.25, 0.3) is 0 Å². The number of piperidine rings is 1. The van der Waals surface area contributed by atoms with Crippen molar-refractivity contribution in [3.63, 3.8) is 0 Å². The van der Waals surface area contributed by atoms with Crippen molar-refractivity contribution in [2.24, 2.45) is 5.92 Å². The highest BCUT2D eigenvalue weighted by atomic mass is 32.1. The molecule has 7 heteroatoms. The van der Waals surface area contributed by atoms with Crippen LogP contribution in [-0.2, 0) is 16.1 Å². The molecule has 118 valence electrons. The molecule has 22 heavy (non-hydrogen) atoms. The number of carbonyl (C=O) groups excluding carboxylic acids is 1. The van der Waals surface area contributed by atoms with Gasteiger partial charge in [0.05, 0.1) is 7.11 Å². The van der Waals surface area contributed by atoms with E-state index in [4.69, 9.17) is 4.74 Å². The maximum Gasteiger partial charge on any atom is 0.327 e. The third-order valence-corrected chi connectivity index (χ3v) is 4.81. The van der Waals surface area contributed by atoms with E-state index in [0.29, 0.717) is 5.92 Å². The molecule has 3 heterocycles. The van der Waals surface area contributed by atoms with Crippen LogP contribution in [-0.4, -0.2) is 45.8 Å². The number of carbonyl (C=O) groups is 1. The van der Waals surface area contributed by atoms with E-state index in [1.54, 1.807) is 24.0 Å². The van der Waals surface area contributed by atoms with E-state index < -0.39 is 0 Å². The lowest BCUT2D eigenvalue weighted by Crippen LogP contribution is -2.42. The van der Waals surface area contributed by atoms with Crippen molar-refractivity contribution < 1.29 is 9.53 Å². The fourth-order valence-electron chi connectivity index (χ4n) is 3.11. The average Bonchev–Trinajstić information content (AvgIpc) is 3.21. The first-order valence-electron chi connectivity index (χ1n) is 7.44. The summed E-state index contributed by atoms with van der Waals surface area (Å²) in [4.78, 5) is 18.5. The molecule has 2 unspecified atom stereocenters. The number of nitrogens with zero attached hydrogens (tertiary/aromatic N) is 4. The molecule has 2 aromatic heterocycles. The lowest BCUT2D eigenvalue weighted by molar-refractivity contribution is -0.148. The summed E-state index contributed by atoms with van der Waals surface area (Å²) < 4.78 is 6.89. The summed E-state index contributed by atoms with van der Waals surface area (Å²) >= 11 is 1.61. The summed E-state index contributed by atoms with van der Waals surface area (Å²) in [7, 11) is 1.46. The lowest BCUT2D eigenvalue weighted by Gasteiger charge is -2.36. The summed E-state index contributed by atoms with van der Waals surface area (Å²) in [5.41, 5.74) is 1.03. The maximum atomic E-state index is 12.2. The van der Waals surface area contributed by atoms with Gasteiger partial charge in [0.15, 0.2) is 0 Å². The Hall–Kier alpha value is -1.73. The van der Waals surface area contributed by atoms with Crippen molar-refractivity contribution in [1.29, 1.82) is 0 Å². The summed E-state index contributed by atoms with van der Waals surface area (Å²) in [5, 5.41) is 8.21. The van der Waals surface area contributed by atoms with Gasteiger partial charge in [0.2, 0.25) is 0 Å². The molecule has 0 aromatic carbocycles. The van der Waals surface area contributed by atoms with Crippen LogP contribution in [0.5, 0.6) is 0 Å². The number of rotatable bonds is 5. The third kappa shape index (κ3) is 3.36. The maximum absolute atomic E-state index is 12.2. The highest BCUT2D eigenvalue weighted by Gasteiger charge is 2.32. The number of hydrogen-bond donors (Lipinski definition) is 0. The van der Waals surface area contributed by atoms with Crippen molar-refractivity contribution in [3.8, 4) is 0 Å². The normalized spacial score (nSPS) is 20.7. The number of hydrogen-bond acceptors (Lipinski definition) is 6. The molecular weight excluding hydrogens is 300 g/mol. The summed E-state index contributed by atoms with van der Waals surface area (Å²) in [6.45, 7) is 2.63. The second-order valence-corrected chi connectivity index (χ2v) is 6.38. The zero-order chi connectivity index (χ0) is 15.4. The van der Waals surface area contributed by atoms with Crippen LogP contribution in [0.2, 0.25) is 0 Å². The van der Waals surface area contributed by atoms with E-state index in [9.17, 15) is 4.79 Å². The van der Waals surface area contributed by atoms with Crippen LogP contribution >= 0.6 is 11.3 Å². The highest BCUT2D eigenvalue weighted by molar-refractivity contribution is 7.08. The van der Waals surface area contributed by atoms with Crippen molar-refractivity contribution in [1.82, 2.24) is 19.7 Å². The first-order valence-corrected chi connectivity index (χ1v) is 8.38. The van der Waals surface area contributed by atoms with Crippen LogP contribution in [0.3, 0.4) is 0 Å². The zero-order valence-corrected chi connectivity index (χ0v) is 13.4. The number of aromatic nitrogens is 3. The Morgan fingerprint density at radius 3 is 3.18 bits per heavy atom. The molecule has 1 saturated heterocycles. The van der Waals surface area contributed by atoms with Gasteiger partial charge in [0.25, 0.3) is 0 Å². The van der Waals surface area contributed by atoms with Gasteiger partial charge in [-0.25, -0.2) is 9.78 Å². The Morgan fingerprint density at radius 1 is 1.59 bits per heavy atom. The van der Waals surface area contributed by atoms with Crippen molar-refractivity contribution in [2.75, 3.05) is 20.2 Å². The third-order valence-electron chi connectivity index (χ3n) is 4.11. The fourth-order valence-corrected chi connectivity index (χ4v) is 3.79. The number of ether oxygens (including phenoxy) is 1. The minimum Gasteiger partial charge on any atom is -0.468 e. The van der Waals surface area contributed by atoms with Crippen LogP contribution in [0.1, 0.15) is 24.4 Å². The zero-order valence-electron chi connectivity index (χ0n) is 12.6. The first-order chi connectivity index (χ1) is 10.8.